The Morgan fingerprint density at radius 1 is 1.33 bits per heavy atom. The predicted octanol–water partition coefficient (Wildman–Crippen LogP) is 3.03. The Balaban J connectivity index is 3.11. The largest absolute Gasteiger partial charge is 0.320 e. The molecule has 1 unspecified atom stereocenters. The third-order valence-electron chi connectivity index (χ3n) is 2.11. The van der Waals surface area contributed by atoms with Crippen molar-refractivity contribution in [3.8, 4) is 0 Å². The number of rotatable bonds is 6. The van der Waals surface area contributed by atoms with Crippen LogP contribution in [0.25, 0.3) is 0 Å². The van der Waals surface area contributed by atoms with Crippen LogP contribution in [0.4, 0.5) is 0 Å². The lowest BCUT2D eigenvalue weighted by molar-refractivity contribution is 0.118. The first-order chi connectivity index (χ1) is 8.48. The summed E-state index contributed by atoms with van der Waals surface area (Å²) < 4.78 is 18.5. The molecule has 100 valence electrons. The minimum absolute atomic E-state index is 0.123. The number of hydroxylamine groups is 1. The number of allylic oxidation sites excluding steroid dienone is 1. The average molecular weight is 269 g/mol. The topological polar surface area (TPSA) is 47.6 Å². The summed E-state index contributed by atoms with van der Waals surface area (Å²) in [6.07, 6.45) is -0.123. The second-order valence-corrected chi connectivity index (χ2v) is 6.38. The molecule has 0 amide bonds. The molecule has 4 nitrogen and oxygen atoms in total. The van der Waals surface area contributed by atoms with Crippen molar-refractivity contribution in [2.45, 2.75) is 26.9 Å². The average Bonchev–Trinajstić information content (AvgIpc) is 2.29. The van der Waals surface area contributed by atoms with Gasteiger partial charge in [-0.2, -0.15) is 0 Å². The highest BCUT2D eigenvalue weighted by Gasteiger charge is 2.24. The van der Waals surface area contributed by atoms with Gasteiger partial charge in [-0.15, -0.1) is 0 Å². The lowest BCUT2D eigenvalue weighted by Crippen LogP contribution is -2.13. The van der Waals surface area contributed by atoms with Gasteiger partial charge in [0.25, 0.3) is 7.37 Å². The smallest absolute Gasteiger partial charge is 0.256 e. The monoisotopic (exact) mass is 269 g/mol. The molecule has 1 aromatic carbocycles. The predicted molar refractivity (Wildman–Crippen MR) is 73.8 cm³/mol. The van der Waals surface area contributed by atoms with E-state index >= 15 is 0 Å². The molecular formula is C13H20NO3P. The van der Waals surface area contributed by atoms with Crippen LogP contribution in [0.1, 0.15) is 20.8 Å². The molecule has 0 fully saturated rings. The van der Waals surface area contributed by atoms with Crippen molar-refractivity contribution in [1.29, 1.82) is 0 Å². The van der Waals surface area contributed by atoms with Crippen molar-refractivity contribution in [1.82, 2.24) is 5.48 Å². The van der Waals surface area contributed by atoms with E-state index in [2.05, 4.69) is 5.48 Å². The van der Waals surface area contributed by atoms with Crippen molar-refractivity contribution >= 4 is 12.7 Å². The zero-order valence-corrected chi connectivity index (χ0v) is 12.1. The fraction of sp³-hybridized carbons (Fsp3) is 0.385. The molecule has 0 aliphatic rings. The van der Waals surface area contributed by atoms with Crippen LogP contribution in [0.5, 0.6) is 0 Å². The van der Waals surface area contributed by atoms with Crippen LogP contribution in [0.3, 0.4) is 0 Å². The number of hydrogen-bond acceptors (Lipinski definition) is 4. The van der Waals surface area contributed by atoms with Gasteiger partial charge in [0.1, 0.15) is 0 Å². The van der Waals surface area contributed by atoms with E-state index in [0.717, 1.165) is 0 Å². The van der Waals surface area contributed by atoms with Gasteiger partial charge in [0.15, 0.2) is 0 Å². The third-order valence-corrected chi connectivity index (χ3v) is 4.59. The molecule has 0 saturated carbocycles. The number of benzene rings is 1. The van der Waals surface area contributed by atoms with Crippen LogP contribution in [0, 0.1) is 0 Å². The summed E-state index contributed by atoms with van der Waals surface area (Å²) in [5.74, 6) is 1.59. The van der Waals surface area contributed by atoms with Gasteiger partial charge in [-0.3, -0.25) is 14.9 Å². The zero-order valence-electron chi connectivity index (χ0n) is 11.2. The van der Waals surface area contributed by atoms with Crippen molar-refractivity contribution in [2.75, 3.05) is 7.11 Å². The third kappa shape index (κ3) is 4.30. The summed E-state index contributed by atoms with van der Waals surface area (Å²) in [7, 11) is -1.51. The lowest BCUT2D eigenvalue weighted by atomic mass is 10.4. The van der Waals surface area contributed by atoms with Gasteiger partial charge in [-0.1, -0.05) is 18.2 Å². The molecule has 1 aromatic rings. The summed E-state index contributed by atoms with van der Waals surface area (Å²) in [6, 6.07) is 9.18. The van der Waals surface area contributed by atoms with Crippen LogP contribution >= 0.6 is 7.37 Å². The van der Waals surface area contributed by atoms with Crippen LogP contribution < -0.4 is 10.8 Å². The fourth-order valence-corrected chi connectivity index (χ4v) is 3.67. The minimum atomic E-state index is -3.02. The summed E-state index contributed by atoms with van der Waals surface area (Å²) in [4.78, 5) is 4.80. The van der Waals surface area contributed by atoms with Gasteiger partial charge >= 0.3 is 0 Å². The standard InChI is InChI=1S/C13H20NO3P/c1-11(2)17-18(15,10-12(3)14-16-4)13-8-6-5-7-9-13/h5-11,14H,1-4H3/b12-10-. The maximum Gasteiger partial charge on any atom is 0.256 e. The Kier molecular flexibility index (Phi) is 5.60. The summed E-state index contributed by atoms with van der Waals surface area (Å²) in [5.41, 5.74) is 3.31. The van der Waals surface area contributed by atoms with Gasteiger partial charge in [0.2, 0.25) is 0 Å². The molecule has 0 aliphatic carbocycles. The highest BCUT2D eigenvalue weighted by atomic mass is 31.2. The first-order valence-electron chi connectivity index (χ1n) is 5.80. The zero-order chi connectivity index (χ0) is 13.6. The Bertz CT molecular complexity index is 443. The number of nitrogens with one attached hydrogen (secondary N) is 1. The van der Waals surface area contributed by atoms with Crippen molar-refractivity contribution in [3.05, 3.63) is 41.8 Å². The molecule has 18 heavy (non-hydrogen) atoms. The van der Waals surface area contributed by atoms with Crippen molar-refractivity contribution in [2.24, 2.45) is 0 Å². The van der Waals surface area contributed by atoms with E-state index in [1.807, 2.05) is 32.0 Å². The van der Waals surface area contributed by atoms with E-state index in [0.29, 0.717) is 11.0 Å². The maximum atomic E-state index is 12.9. The van der Waals surface area contributed by atoms with Gasteiger partial charge in [-0.05, 0) is 32.9 Å². The molecule has 1 N–H and O–H groups in total. The molecule has 1 rings (SSSR count). The summed E-state index contributed by atoms with van der Waals surface area (Å²) in [5, 5.41) is 0.677. The van der Waals surface area contributed by atoms with E-state index in [-0.39, 0.29) is 6.10 Å². The van der Waals surface area contributed by atoms with Gasteiger partial charge < -0.3 is 4.52 Å². The molecule has 0 heterocycles. The molecule has 0 radical (unpaired) electrons. The van der Waals surface area contributed by atoms with Crippen molar-refractivity contribution in [3.63, 3.8) is 0 Å². The Morgan fingerprint density at radius 3 is 2.44 bits per heavy atom. The fourth-order valence-electron chi connectivity index (χ4n) is 1.56. The Morgan fingerprint density at radius 2 is 1.94 bits per heavy atom. The first kappa shape index (κ1) is 15.0. The lowest BCUT2D eigenvalue weighted by Gasteiger charge is -2.19. The van der Waals surface area contributed by atoms with E-state index in [9.17, 15) is 4.57 Å². The highest BCUT2D eigenvalue weighted by molar-refractivity contribution is 7.70. The first-order valence-corrected chi connectivity index (χ1v) is 7.49. The van der Waals surface area contributed by atoms with Crippen LogP contribution in [0.15, 0.2) is 41.8 Å². The molecular weight excluding hydrogens is 249 g/mol. The second-order valence-electron chi connectivity index (χ2n) is 4.21. The van der Waals surface area contributed by atoms with Crippen LogP contribution in [-0.4, -0.2) is 13.2 Å². The molecule has 0 bridgehead atoms. The van der Waals surface area contributed by atoms with E-state index < -0.39 is 7.37 Å². The SMILES string of the molecule is CON/C(C)=C\P(=O)(OC(C)C)c1ccccc1. The molecule has 5 heteroatoms. The molecule has 0 saturated heterocycles. The Labute approximate surface area is 108 Å². The van der Waals surface area contributed by atoms with Crippen LogP contribution in [-0.2, 0) is 13.9 Å². The van der Waals surface area contributed by atoms with Gasteiger partial charge in [-0.25, -0.2) is 0 Å². The highest BCUT2D eigenvalue weighted by Crippen LogP contribution is 2.49. The number of hydrogen-bond donors (Lipinski definition) is 1. The van der Waals surface area contributed by atoms with E-state index in [1.165, 1.54) is 7.11 Å². The maximum absolute atomic E-state index is 12.9. The van der Waals surface area contributed by atoms with Gasteiger partial charge in [0.05, 0.1) is 13.2 Å². The normalized spacial score (nSPS) is 15.5. The molecule has 0 spiro atoms. The van der Waals surface area contributed by atoms with Crippen molar-refractivity contribution < 1.29 is 13.9 Å². The Hall–Kier alpha value is -1.09. The molecule has 1 atom stereocenters. The van der Waals surface area contributed by atoms with Crippen LogP contribution in [0.2, 0.25) is 0 Å². The minimum Gasteiger partial charge on any atom is -0.320 e. The second kappa shape index (κ2) is 6.74. The quantitative estimate of drug-likeness (QED) is 0.637. The molecule has 0 aromatic heterocycles. The van der Waals surface area contributed by atoms with Gasteiger partial charge in [0, 0.05) is 16.8 Å². The molecule has 0 aliphatic heterocycles. The van der Waals surface area contributed by atoms with E-state index in [4.69, 9.17) is 9.36 Å². The summed E-state index contributed by atoms with van der Waals surface area (Å²) in [6.45, 7) is 5.51. The van der Waals surface area contributed by atoms with E-state index in [1.54, 1.807) is 24.9 Å². The summed E-state index contributed by atoms with van der Waals surface area (Å²) >= 11 is 0.